The Morgan fingerprint density at radius 3 is 2.92 bits per heavy atom. The summed E-state index contributed by atoms with van der Waals surface area (Å²) in [7, 11) is 2.14. The number of carboxylic acid groups (broad SMARTS) is 1. The number of piperidine rings is 1. The van der Waals surface area contributed by atoms with Crippen molar-refractivity contribution in [1.82, 2.24) is 4.90 Å². The third-order valence-corrected chi connectivity index (χ3v) is 2.85. The van der Waals surface area contributed by atoms with Crippen LogP contribution in [0.4, 0.5) is 0 Å². The summed E-state index contributed by atoms with van der Waals surface area (Å²) >= 11 is 0. The van der Waals surface area contributed by atoms with E-state index >= 15 is 0 Å². The smallest absolute Gasteiger partial charge is 0.303 e. The molecule has 0 aliphatic carbocycles. The molecule has 0 bridgehead atoms. The minimum absolute atomic E-state index is 0.324. The lowest BCUT2D eigenvalue weighted by atomic mass is 9.98. The molecule has 0 saturated carbocycles. The summed E-state index contributed by atoms with van der Waals surface area (Å²) < 4.78 is 0. The highest BCUT2D eigenvalue weighted by atomic mass is 16.4. The van der Waals surface area contributed by atoms with Crippen molar-refractivity contribution in [3.63, 3.8) is 0 Å². The van der Waals surface area contributed by atoms with E-state index in [9.17, 15) is 4.79 Å². The summed E-state index contributed by atoms with van der Waals surface area (Å²) in [5.74, 6) is -0.668. The molecule has 76 valence electrons. The molecule has 3 heteroatoms. The first kappa shape index (κ1) is 10.5. The van der Waals surface area contributed by atoms with Crippen LogP contribution in [0, 0.1) is 0 Å². The molecule has 0 spiro atoms. The van der Waals surface area contributed by atoms with Gasteiger partial charge in [0.05, 0.1) is 0 Å². The second kappa shape index (κ2) is 5.22. The lowest BCUT2D eigenvalue weighted by molar-refractivity contribution is -0.137. The van der Waals surface area contributed by atoms with E-state index in [1.807, 2.05) is 0 Å². The predicted octanol–water partition coefficient (Wildman–Crippen LogP) is 1.73. The molecule has 0 aromatic heterocycles. The van der Waals surface area contributed by atoms with Crippen molar-refractivity contribution in [2.45, 2.75) is 44.6 Å². The summed E-state index contributed by atoms with van der Waals surface area (Å²) in [4.78, 5) is 12.7. The van der Waals surface area contributed by atoms with Crippen molar-refractivity contribution in [3.8, 4) is 0 Å². The molecule has 1 fully saturated rings. The van der Waals surface area contributed by atoms with Gasteiger partial charge in [-0.05, 0) is 39.3 Å². The molecule has 3 nitrogen and oxygen atoms in total. The summed E-state index contributed by atoms with van der Waals surface area (Å²) in [5.41, 5.74) is 0. The number of carbonyl (C=O) groups is 1. The Morgan fingerprint density at radius 1 is 1.54 bits per heavy atom. The number of likely N-dealkylation sites (tertiary alicyclic amines) is 1. The molecule has 1 aliphatic heterocycles. The Morgan fingerprint density at radius 2 is 2.31 bits per heavy atom. The summed E-state index contributed by atoms with van der Waals surface area (Å²) in [5, 5.41) is 8.50. The Kier molecular flexibility index (Phi) is 4.22. The third kappa shape index (κ3) is 3.77. The van der Waals surface area contributed by atoms with Crippen LogP contribution in [0.2, 0.25) is 0 Å². The first-order valence-electron chi connectivity index (χ1n) is 5.12. The molecule has 0 aromatic rings. The molecule has 1 atom stereocenters. The summed E-state index contributed by atoms with van der Waals surface area (Å²) in [6.45, 7) is 1.18. The zero-order valence-electron chi connectivity index (χ0n) is 8.33. The van der Waals surface area contributed by atoms with Crippen LogP contribution in [0.5, 0.6) is 0 Å². The Bertz CT molecular complexity index is 170. The van der Waals surface area contributed by atoms with Crippen LogP contribution < -0.4 is 0 Å². The highest BCUT2D eigenvalue weighted by Gasteiger charge is 2.18. The molecule has 1 aliphatic rings. The Labute approximate surface area is 79.7 Å². The standard InChI is InChI=1S/C10H19NO2/c1-11-8-3-2-5-9(11)6-4-7-10(12)13/h9H,2-8H2,1H3,(H,12,13). The number of hydrogen-bond donors (Lipinski definition) is 1. The zero-order valence-corrected chi connectivity index (χ0v) is 8.33. The van der Waals surface area contributed by atoms with Crippen LogP contribution in [-0.2, 0) is 4.79 Å². The number of aliphatic carboxylic acids is 1. The van der Waals surface area contributed by atoms with E-state index in [0.29, 0.717) is 12.5 Å². The van der Waals surface area contributed by atoms with Crippen LogP contribution in [0.3, 0.4) is 0 Å². The van der Waals surface area contributed by atoms with Gasteiger partial charge in [0, 0.05) is 12.5 Å². The SMILES string of the molecule is CN1CCCCC1CCCC(=O)O. The van der Waals surface area contributed by atoms with Crippen molar-refractivity contribution < 1.29 is 9.90 Å². The number of rotatable bonds is 4. The van der Waals surface area contributed by atoms with Crippen LogP contribution in [0.1, 0.15) is 38.5 Å². The van der Waals surface area contributed by atoms with Crippen molar-refractivity contribution in [2.24, 2.45) is 0 Å². The molecule has 1 heterocycles. The molecule has 0 aromatic carbocycles. The molecule has 1 rings (SSSR count). The van der Waals surface area contributed by atoms with E-state index in [0.717, 1.165) is 12.8 Å². The second-order valence-electron chi connectivity index (χ2n) is 3.92. The van der Waals surface area contributed by atoms with Gasteiger partial charge in [-0.2, -0.15) is 0 Å². The maximum Gasteiger partial charge on any atom is 0.303 e. The number of carboxylic acids is 1. The number of hydrogen-bond acceptors (Lipinski definition) is 2. The molecule has 1 saturated heterocycles. The minimum Gasteiger partial charge on any atom is -0.481 e. The molecule has 1 N–H and O–H groups in total. The monoisotopic (exact) mass is 185 g/mol. The van der Waals surface area contributed by atoms with Gasteiger partial charge in [-0.15, -0.1) is 0 Å². The topological polar surface area (TPSA) is 40.5 Å². The van der Waals surface area contributed by atoms with Gasteiger partial charge in [0.15, 0.2) is 0 Å². The fourth-order valence-electron chi connectivity index (χ4n) is 2.00. The highest BCUT2D eigenvalue weighted by Crippen LogP contribution is 2.19. The van der Waals surface area contributed by atoms with E-state index in [1.165, 1.54) is 25.8 Å². The van der Waals surface area contributed by atoms with Gasteiger partial charge in [0.25, 0.3) is 0 Å². The van der Waals surface area contributed by atoms with Gasteiger partial charge in [-0.1, -0.05) is 6.42 Å². The van der Waals surface area contributed by atoms with Crippen molar-refractivity contribution in [2.75, 3.05) is 13.6 Å². The quantitative estimate of drug-likeness (QED) is 0.725. The maximum absolute atomic E-state index is 10.3. The van der Waals surface area contributed by atoms with Gasteiger partial charge >= 0.3 is 5.97 Å². The molecule has 0 amide bonds. The van der Waals surface area contributed by atoms with E-state index < -0.39 is 5.97 Å². The molecular formula is C10H19NO2. The molecular weight excluding hydrogens is 166 g/mol. The van der Waals surface area contributed by atoms with Crippen molar-refractivity contribution in [1.29, 1.82) is 0 Å². The fraction of sp³-hybridized carbons (Fsp3) is 0.900. The van der Waals surface area contributed by atoms with Gasteiger partial charge in [0.2, 0.25) is 0 Å². The highest BCUT2D eigenvalue weighted by molar-refractivity contribution is 5.66. The minimum atomic E-state index is -0.668. The van der Waals surface area contributed by atoms with E-state index in [-0.39, 0.29) is 0 Å². The van der Waals surface area contributed by atoms with Crippen LogP contribution in [0.25, 0.3) is 0 Å². The Hall–Kier alpha value is -0.570. The fourth-order valence-corrected chi connectivity index (χ4v) is 2.00. The van der Waals surface area contributed by atoms with Gasteiger partial charge < -0.3 is 10.0 Å². The molecule has 1 unspecified atom stereocenters. The van der Waals surface area contributed by atoms with E-state index in [4.69, 9.17) is 5.11 Å². The number of nitrogens with zero attached hydrogens (tertiary/aromatic N) is 1. The molecule has 0 radical (unpaired) electrons. The van der Waals surface area contributed by atoms with Gasteiger partial charge in [0.1, 0.15) is 0 Å². The normalized spacial score (nSPS) is 24.5. The van der Waals surface area contributed by atoms with Crippen molar-refractivity contribution >= 4 is 5.97 Å². The zero-order chi connectivity index (χ0) is 9.68. The molecule has 13 heavy (non-hydrogen) atoms. The van der Waals surface area contributed by atoms with Gasteiger partial charge in [-0.3, -0.25) is 4.79 Å². The lowest BCUT2D eigenvalue weighted by Gasteiger charge is -2.32. The van der Waals surface area contributed by atoms with Crippen LogP contribution in [0.15, 0.2) is 0 Å². The average molecular weight is 185 g/mol. The maximum atomic E-state index is 10.3. The van der Waals surface area contributed by atoms with E-state index in [2.05, 4.69) is 11.9 Å². The predicted molar refractivity (Wildman–Crippen MR) is 51.8 cm³/mol. The largest absolute Gasteiger partial charge is 0.481 e. The van der Waals surface area contributed by atoms with Crippen LogP contribution >= 0.6 is 0 Å². The first-order valence-corrected chi connectivity index (χ1v) is 5.12. The second-order valence-corrected chi connectivity index (χ2v) is 3.92. The average Bonchev–Trinajstić information content (AvgIpc) is 2.08. The van der Waals surface area contributed by atoms with Gasteiger partial charge in [-0.25, -0.2) is 0 Å². The first-order chi connectivity index (χ1) is 6.20. The lowest BCUT2D eigenvalue weighted by Crippen LogP contribution is -2.36. The summed E-state index contributed by atoms with van der Waals surface area (Å²) in [6.07, 6.45) is 6.04. The van der Waals surface area contributed by atoms with E-state index in [1.54, 1.807) is 0 Å². The Balaban J connectivity index is 2.15. The summed E-state index contributed by atoms with van der Waals surface area (Å²) in [6, 6.07) is 0.632. The third-order valence-electron chi connectivity index (χ3n) is 2.85. The van der Waals surface area contributed by atoms with Crippen LogP contribution in [-0.4, -0.2) is 35.6 Å². The van der Waals surface area contributed by atoms with Crippen molar-refractivity contribution in [3.05, 3.63) is 0 Å².